The van der Waals surface area contributed by atoms with Gasteiger partial charge in [-0.3, -0.25) is 0 Å². The zero-order valence-corrected chi connectivity index (χ0v) is 30.6. The molecule has 1 aromatic heterocycles. The molecule has 0 amide bonds. The fraction of sp³-hybridized carbons (Fsp3) is 0. The van der Waals surface area contributed by atoms with E-state index in [1.807, 2.05) is 6.07 Å². The van der Waals surface area contributed by atoms with E-state index in [0.29, 0.717) is 0 Å². The van der Waals surface area contributed by atoms with Gasteiger partial charge < -0.3 is 9.32 Å². The lowest BCUT2D eigenvalue weighted by Crippen LogP contribution is -2.13. The number of furan rings is 1. The predicted octanol–water partition coefficient (Wildman–Crippen LogP) is 15.5. The zero-order chi connectivity index (χ0) is 37.0. The molecule has 11 rings (SSSR count). The van der Waals surface area contributed by atoms with Crippen molar-refractivity contribution in [1.29, 1.82) is 0 Å². The van der Waals surface area contributed by atoms with E-state index in [1.54, 1.807) is 0 Å². The Labute approximate surface area is 325 Å². The van der Waals surface area contributed by atoms with E-state index in [2.05, 4.69) is 211 Å². The predicted molar refractivity (Wildman–Crippen MR) is 237 cm³/mol. The minimum atomic E-state index is 0.862. The van der Waals surface area contributed by atoms with Gasteiger partial charge >= 0.3 is 0 Å². The van der Waals surface area contributed by atoms with Gasteiger partial charge in [0, 0.05) is 16.5 Å². The minimum absolute atomic E-state index is 0.862. The van der Waals surface area contributed by atoms with Gasteiger partial charge in [0.2, 0.25) is 0 Å². The lowest BCUT2D eigenvalue weighted by Gasteiger charge is -2.30. The van der Waals surface area contributed by atoms with Crippen molar-refractivity contribution >= 4 is 71.3 Å². The third-order valence-corrected chi connectivity index (χ3v) is 11.3. The van der Waals surface area contributed by atoms with Crippen molar-refractivity contribution in [2.75, 3.05) is 4.90 Å². The maximum atomic E-state index is 6.49. The maximum absolute atomic E-state index is 6.49. The van der Waals surface area contributed by atoms with Crippen LogP contribution in [0.5, 0.6) is 0 Å². The lowest BCUT2D eigenvalue weighted by molar-refractivity contribution is 0.669. The summed E-state index contributed by atoms with van der Waals surface area (Å²) in [6, 6.07) is 76.5. The molecule has 2 nitrogen and oxygen atoms in total. The molecule has 0 aliphatic carbocycles. The first-order valence-corrected chi connectivity index (χ1v) is 19.2. The van der Waals surface area contributed by atoms with Crippen LogP contribution in [0.1, 0.15) is 0 Å². The Kier molecular flexibility index (Phi) is 7.53. The fourth-order valence-corrected chi connectivity index (χ4v) is 8.72. The highest BCUT2D eigenvalue weighted by Crippen LogP contribution is 2.49. The molecule has 0 N–H and O–H groups in total. The number of para-hydroxylation sites is 3. The Morgan fingerprint density at radius 2 is 0.768 bits per heavy atom. The third kappa shape index (κ3) is 5.19. The van der Waals surface area contributed by atoms with E-state index in [9.17, 15) is 0 Å². The summed E-state index contributed by atoms with van der Waals surface area (Å²) in [6.07, 6.45) is 0. The van der Waals surface area contributed by atoms with Crippen molar-refractivity contribution in [3.05, 3.63) is 212 Å². The van der Waals surface area contributed by atoms with Gasteiger partial charge in [0.25, 0.3) is 0 Å². The molecule has 0 radical (unpaired) electrons. The number of nitrogens with zero attached hydrogens (tertiary/aromatic N) is 1. The number of anilines is 3. The van der Waals surface area contributed by atoms with Gasteiger partial charge in [0.15, 0.2) is 0 Å². The standard InChI is InChI=1S/C54H35NO/c1-3-17-40-36(14-1)16-11-23-45(40)47-20-6-9-26-50(47)55(51-27-13-29-53-54(51)48-21-7-10-28-52(48)56-53)49-25-8-5-19-43(49)39-32-30-38(31-33-39)42-22-12-24-44-41-18-4-2-15-37(41)34-35-46(42)44/h1-35H. The molecule has 0 saturated carbocycles. The number of rotatable bonds is 6. The minimum Gasteiger partial charge on any atom is -0.456 e. The van der Waals surface area contributed by atoms with Crippen molar-refractivity contribution in [1.82, 2.24) is 0 Å². The summed E-state index contributed by atoms with van der Waals surface area (Å²) >= 11 is 0. The summed E-state index contributed by atoms with van der Waals surface area (Å²) < 4.78 is 6.49. The van der Waals surface area contributed by atoms with Crippen molar-refractivity contribution in [3.63, 3.8) is 0 Å². The van der Waals surface area contributed by atoms with Crippen LogP contribution in [0, 0.1) is 0 Å². The van der Waals surface area contributed by atoms with Crippen LogP contribution in [-0.2, 0) is 0 Å². The molecular formula is C54H35NO. The lowest BCUT2D eigenvalue weighted by atomic mass is 9.93. The molecule has 0 saturated heterocycles. The second kappa shape index (κ2) is 13.2. The molecule has 0 aliphatic rings. The molecule has 0 atom stereocenters. The molecule has 262 valence electrons. The zero-order valence-electron chi connectivity index (χ0n) is 30.6. The summed E-state index contributed by atoms with van der Waals surface area (Å²) in [4.78, 5) is 2.44. The van der Waals surface area contributed by atoms with Crippen LogP contribution < -0.4 is 4.90 Å². The van der Waals surface area contributed by atoms with Gasteiger partial charge in [0.1, 0.15) is 11.2 Å². The molecule has 0 unspecified atom stereocenters. The molecule has 2 heteroatoms. The van der Waals surface area contributed by atoms with Crippen molar-refractivity contribution in [3.8, 4) is 33.4 Å². The Morgan fingerprint density at radius 3 is 1.59 bits per heavy atom. The molecule has 0 bridgehead atoms. The molecule has 1 heterocycles. The van der Waals surface area contributed by atoms with Gasteiger partial charge in [-0.25, -0.2) is 0 Å². The average molecular weight is 714 g/mol. The van der Waals surface area contributed by atoms with Gasteiger partial charge in [-0.1, -0.05) is 182 Å². The molecule has 11 aromatic rings. The van der Waals surface area contributed by atoms with Gasteiger partial charge in [0.05, 0.1) is 22.4 Å². The topological polar surface area (TPSA) is 16.4 Å². The summed E-state index contributed by atoms with van der Waals surface area (Å²) in [5, 5.41) is 9.69. The highest BCUT2D eigenvalue weighted by Gasteiger charge is 2.24. The first-order chi connectivity index (χ1) is 27.8. The van der Waals surface area contributed by atoms with E-state index in [0.717, 1.165) is 55.7 Å². The Hall–Kier alpha value is -7.42. The number of benzene rings is 10. The summed E-state index contributed by atoms with van der Waals surface area (Å²) in [5.74, 6) is 0. The Bertz CT molecular complexity index is 3260. The number of fused-ring (bicyclic) bond motifs is 7. The summed E-state index contributed by atoms with van der Waals surface area (Å²) in [7, 11) is 0. The van der Waals surface area contributed by atoms with Gasteiger partial charge in [-0.15, -0.1) is 0 Å². The van der Waals surface area contributed by atoms with Crippen molar-refractivity contribution < 1.29 is 4.42 Å². The highest BCUT2D eigenvalue weighted by atomic mass is 16.3. The molecule has 0 fully saturated rings. The highest BCUT2D eigenvalue weighted by molar-refractivity contribution is 6.15. The van der Waals surface area contributed by atoms with Crippen molar-refractivity contribution in [2.45, 2.75) is 0 Å². The largest absolute Gasteiger partial charge is 0.456 e. The fourth-order valence-electron chi connectivity index (χ4n) is 8.72. The summed E-state index contributed by atoms with van der Waals surface area (Å²) in [5.41, 5.74) is 12.0. The number of hydrogen-bond acceptors (Lipinski definition) is 2. The van der Waals surface area contributed by atoms with E-state index in [4.69, 9.17) is 4.42 Å². The van der Waals surface area contributed by atoms with Crippen LogP contribution in [0.4, 0.5) is 17.1 Å². The van der Waals surface area contributed by atoms with Crippen LogP contribution >= 0.6 is 0 Å². The molecule has 56 heavy (non-hydrogen) atoms. The summed E-state index contributed by atoms with van der Waals surface area (Å²) in [6.45, 7) is 0. The van der Waals surface area contributed by atoms with Crippen LogP contribution in [-0.4, -0.2) is 0 Å². The van der Waals surface area contributed by atoms with Crippen LogP contribution in [0.25, 0.3) is 87.6 Å². The Morgan fingerprint density at radius 1 is 0.268 bits per heavy atom. The van der Waals surface area contributed by atoms with E-state index in [-0.39, 0.29) is 0 Å². The maximum Gasteiger partial charge on any atom is 0.137 e. The second-order valence-electron chi connectivity index (χ2n) is 14.4. The molecule has 0 aliphatic heterocycles. The van der Waals surface area contributed by atoms with E-state index in [1.165, 1.54) is 49.0 Å². The van der Waals surface area contributed by atoms with E-state index >= 15 is 0 Å². The second-order valence-corrected chi connectivity index (χ2v) is 14.4. The first kappa shape index (κ1) is 32.0. The number of hydrogen-bond donors (Lipinski definition) is 0. The van der Waals surface area contributed by atoms with E-state index < -0.39 is 0 Å². The first-order valence-electron chi connectivity index (χ1n) is 19.2. The quantitative estimate of drug-likeness (QED) is 0.160. The average Bonchev–Trinajstić information content (AvgIpc) is 3.66. The monoisotopic (exact) mass is 713 g/mol. The smallest absolute Gasteiger partial charge is 0.137 e. The van der Waals surface area contributed by atoms with Crippen LogP contribution in [0.2, 0.25) is 0 Å². The Balaban J connectivity index is 1.12. The normalized spacial score (nSPS) is 11.6. The molecule has 0 spiro atoms. The van der Waals surface area contributed by atoms with Crippen molar-refractivity contribution in [2.24, 2.45) is 0 Å². The van der Waals surface area contributed by atoms with Crippen LogP contribution in [0.3, 0.4) is 0 Å². The van der Waals surface area contributed by atoms with Crippen LogP contribution in [0.15, 0.2) is 217 Å². The van der Waals surface area contributed by atoms with Gasteiger partial charge in [-0.05, 0) is 84.9 Å². The SMILES string of the molecule is c1ccc(N(c2ccccc2-c2cccc3ccccc23)c2cccc3oc4ccccc4c23)c(-c2ccc(-c3cccc4c3ccc3ccccc34)cc2)c1. The van der Waals surface area contributed by atoms with Gasteiger partial charge in [-0.2, -0.15) is 0 Å². The third-order valence-electron chi connectivity index (χ3n) is 11.3. The molecular weight excluding hydrogens is 679 g/mol. The molecule has 10 aromatic carbocycles.